The van der Waals surface area contributed by atoms with Crippen molar-refractivity contribution in [3.05, 3.63) is 83.9 Å². The van der Waals surface area contributed by atoms with Crippen LogP contribution in [0, 0.1) is 0 Å². The maximum absolute atomic E-state index is 12.4. The summed E-state index contributed by atoms with van der Waals surface area (Å²) in [6, 6.07) is 21.2. The fraction of sp³-hybridized carbons (Fsp3) is 0.0952. The zero-order chi connectivity index (χ0) is 19.7. The standard InChI is InChI=1S/C21H15F3N2O2/c22-21(23,24)28-16-10-11-18-17(12-16)20(27)26-19(25-18)15-8-6-14(7-9-15)13-4-2-1-3-5-13/h1-12,19,25H,(H,26,27)/t19-/m0/s1. The highest BCUT2D eigenvalue weighted by atomic mass is 19.4. The predicted octanol–water partition coefficient (Wildman–Crippen LogP) is 5.11. The van der Waals surface area contributed by atoms with Crippen molar-refractivity contribution in [1.29, 1.82) is 0 Å². The minimum absolute atomic E-state index is 0.0962. The normalized spacial score (nSPS) is 16.0. The highest BCUT2D eigenvalue weighted by molar-refractivity contribution is 6.02. The molecule has 0 saturated heterocycles. The van der Waals surface area contributed by atoms with E-state index in [1.165, 1.54) is 12.1 Å². The summed E-state index contributed by atoms with van der Waals surface area (Å²) in [5, 5.41) is 5.88. The number of carbonyl (C=O) groups is 1. The van der Waals surface area contributed by atoms with Crippen molar-refractivity contribution in [1.82, 2.24) is 5.32 Å². The summed E-state index contributed by atoms with van der Waals surface area (Å²) in [5.41, 5.74) is 3.49. The number of amides is 1. The molecule has 7 heteroatoms. The first kappa shape index (κ1) is 17.9. The summed E-state index contributed by atoms with van der Waals surface area (Å²) in [4.78, 5) is 12.4. The number of halogens is 3. The predicted molar refractivity (Wildman–Crippen MR) is 98.8 cm³/mol. The first-order chi connectivity index (χ1) is 13.4. The van der Waals surface area contributed by atoms with Gasteiger partial charge in [0.25, 0.3) is 5.91 Å². The molecule has 0 saturated carbocycles. The van der Waals surface area contributed by atoms with Crippen molar-refractivity contribution >= 4 is 11.6 Å². The third kappa shape index (κ3) is 3.78. The van der Waals surface area contributed by atoms with Gasteiger partial charge >= 0.3 is 6.36 Å². The van der Waals surface area contributed by atoms with E-state index in [4.69, 9.17) is 0 Å². The third-order valence-corrected chi connectivity index (χ3v) is 4.40. The van der Waals surface area contributed by atoms with Gasteiger partial charge in [0, 0.05) is 5.69 Å². The molecular weight excluding hydrogens is 369 g/mol. The summed E-state index contributed by atoms with van der Waals surface area (Å²) in [5.74, 6) is -0.910. The van der Waals surface area contributed by atoms with Crippen molar-refractivity contribution in [2.75, 3.05) is 5.32 Å². The number of rotatable bonds is 3. The van der Waals surface area contributed by atoms with E-state index >= 15 is 0 Å². The van der Waals surface area contributed by atoms with Crippen LogP contribution in [0.3, 0.4) is 0 Å². The van der Waals surface area contributed by atoms with Crippen LogP contribution < -0.4 is 15.4 Å². The lowest BCUT2D eigenvalue weighted by Gasteiger charge is -2.28. The van der Waals surface area contributed by atoms with Gasteiger partial charge < -0.3 is 15.4 Å². The van der Waals surface area contributed by atoms with E-state index in [1.807, 2.05) is 54.6 Å². The number of carbonyl (C=O) groups excluding carboxylic acids is 1. The number of fused-ring (bicyclic) bond motifs is 1. The van der Waals surface area contributed by atoms with Gasteiger partial charge in [0.1, 0.15) is 11.9 Å². The molecule has 0 aromatic heterocycles. The summed E-state index contributed by atoms with van der Waals surface area (Å²) in [6.45, 7) is 0. The molecule has 0 spiro atoms. The van der Waals surface area contributed by atoms with Crippen molar-refractivity contribution in [2.24, 2.45) is 0 Å². The molecule has 0 unspecified atom stereocenters. The molecule has 28 heavy (non-hydrogen) atoms. The second-order valence-corrected chi connectivity index (χ2v) is 6.29. The van der Waals surface area contributed by atoms with Gasteiger partial charge in [-0.2, -0.15) is 0 Å². The average molecular weight is 384 g/mol. The van der Waals surface area contributed by atoms with Gasteiger partial charge in [-0.3, -0.25) is 4.79 Å². The molecule has 3 aromatic carbocycles. The zero-order valence-corrected chi connectivity index (χ0v) is 14.5. The SMILES string of the molecule is O=C1N[C@@H](c2ccc(-c3ccccc3)cc2)Nc2ccc(OC(F)(F)F)cc21. The van der Waals surface area contributed by atoms with E-state index in [9.17, 15) is 18.0 Å². The summed E-state index contributed by atoms with van der Waals surface area (Å²) in [7, 11) is 0. The van der Waals surface area contributed by atoms with Crippen LogP contribution in [0.1, 0.15) is 22.1 Å². The summed E-state index contributed by atoms with van der Waals surface area (Å²) < 4.78 is 41.0. The second-order valence-electron chi connectivity index (χ2n) is 6.29. The van der Waals surface area contributed by atoms with Crippen molar-refractivity contribution < 1.29 is 22.7 Å². The number of anilines is 1. The van der Waals surface area contributed by atoms with Gasteiger partial charge in [-0.1, -0.05) is 54.6 Å². The highest BCUT2D eigenvalue weighted by Gasteiger charge is 2.32. The number of hydrogen-bond donors (Lipinski definition) is 2. The second kappa shape index (κ2) is 6.92. The van der Waals surface area contributed by atoms with E-state index < -0.39 is 24.2 Å². The molecule has 0 radical (unpaired) electrons. The Morgan fingerprint density at radius 3 is 2.18 bits per heavy atom. The van der Waals surface area contributed by atoms with Crippen LogP contribution in [-0.2, 0) is 0 Å². The Balaban J connectivity index is 1.55. The molecule has 3 aromatic rings. The first-order valence-electron chi connectivity index (χ1n) is 8.52. The Morgan fingerprint density at radius 2 is 1.50 bits per heavy atom. The number of nitrogens with one attached hydrogen (secondary N) is 2. The Hall–Kier alpha value is -3.48. The molecule has 4 nitrogen and oxygen atoms in total. The first-order valence-corrected chi connectivity index (χ1v) is 8.52. The maximum Gasteiger partial charge on any atom is 0.573 e. The van der Waals surface area contributed by atoms with E-state index in [2.05, 4.69) is 15.4 Å². The number of hydrogen-bond acceptors (Lipinski definition) is 3. The molecule has 1 aliphatic rings. The smallest absolute Gasteiger partial charge is 0.406 e. The van der Waals surface area contributed by atoms with Crippen LogP contribution in [0.15, 0.2) is 72.8 Å². The zero-order valence-electron chi connectivity index (χ0n) is 14.5. The van der Waals surface area contributed by atoms with Crippen molar-refractivity contribution in [2.45, 2.75) is 12.5 Å². The van der Waals surface area contributed by atoms with Gasteiger partial charge in [0.2, 0.25) is 0 Å². The van der Waals surface area contributed by atoms with Crippen LogP contribution in [0.4, 0.5) is 18.9 Å². The van der Waals surface area contributed by atoms with Crippen molar-refractivity contribution in [3.63, 3.8) is 0 Å². The number of ether oxygens (including phenoxy) is 1. The monoisotopic (exact) mass is 384 g/mol. The largest absolute Gasteiger partial charge is 0.573 e. The molecule has 0 aliphatic carbocycles. The van der Waals surface area contributed by atoms with Crippen LogP contribution in [0.25, 0.3) is 11.1 Å². The maximum atomic E-state index is 12.4. The molecule has 4 rings (SSSR count). The molecule has 1 heterocycles. The highest BCUT2D eigenvalue weighted by Crippen LogP contribution is 2.32. The van der Waals surface area contributed by atoms with Crippen LogP contribution in [-0.4, -0.2) is 12.3 Å². The van der Waals surface area contributed by atoms with Crippen molar-refractivity contribution in [3.8, 4) is 16.9 Å². The van der Waals surface area contributed by atoms with E-state index in [-0.39, 0.29) is 5.56 Å². The summed E-state index contributed by atoms with van der Waals surface area (Å²) in [6.07, 6.45) is -5.30. The van der Waals surface area contributed by atoms with Gasteiger partial charge in [-0.25, -0.2) is 0 Å². The van der Waals surface area contributed by atoms with Gasteiger partial charge in [-0.15, -0.1) is 13.2 Å². The summed E-state index contributed by atoms with van der Waals surface area (Å²) >= 11 is 0. The fourth-order valence-corrected chi connectivity index (χ4v) is 3.10. The Kier molecular flexibility index (Phi) is 4.43. The lowest BCUT2D eigenvalue weighted by atomic mass is 10.0. The third-order valence-electron chi connectivity index (χ3n) is 4.40. The molecular formula is C21H15F3N2O2. The van der Waals surface area contributed by atoms with Gasteiger partial charge in [-0.05, 0) is 34.9 Å². The number of alkyl halides is 3. The Bertz CT molecular complexity index is 1000. The van der Waals surface area contributed by atoms with Crippen LogP contribution >= 0.6 is 0 Å². The Labute approximate surface area is 159 Å². The molecule has 1 aliphatic heterocycles. The quantitative estimate of drug-likeness (QED) is 0.660. The minimum atomic E-state index is -4.81. The topological polar surface area (TPSA) is 50.4 Å². The lowest BCUT2D eigenvalue weighted by Crippen LogP contribution is -2.38. The van der Waals surface area contributed by atoms with E-state index in [0.717, 1.165) is 22.8 Å². The molecule has 0 fully saturated rings. The van der Waals surface area contributed by atoms with E-state index in [1.54, 1.807) is 0 Å². The molecule has 142 valence electrons. The molecule has 1 amide bonds. The fourth-order valence-electron chi connectivity index (χ4n) is 3.10. The van der Waals surface area contributed by atoms with E-state index in [0.29, 0.717) is 5.69 Å². The lowest BCUT2D eigenvalue weighted by molar-refractivity contribution is -0.274. The van der Waals surface area contributed by atoms with Gasteiger partial charge in [0.05, 0.1) is 5.56 Å². The van der Waals surface area contributed by atoms with Crippen LogP contribution in [0.2, 0.25) is 0 Å². The average Bonchev–Trinajstić information content (AvgIpc) is 2.68. The van der Waals surface area contributed by atoms with Gasteiger partial charge in [0.15, 0.2) is 0 Å². The van der Waals surface area contributed by atoms with Crippen LogP contribution in [0.5, 0.6) is 5.75 Å². The molecule has 2 N–H and O–H groups in total. The molecule has 0 bridgehead atoms. The number of benzene rings is 3. The minimum Gasteiger partial charge on any atom is -0.406 e. The molecule has 1 atom stereocenters. The Morgan fingerprint density at radius 1 is 0.821 bits per heavy atom.